The lowest BCUT2D eigenvalue weighted by molar-refractivity contribution is -0.140. The number of nitrogens with two attached hydrogens (primary N) is 1. The van der Waals surface area contributed by atoms with E-state index in [1.165, 1.54) is 5.56 Å². The van der Waals surface area contributed by atoms with Gasteiger partial charge in [-0.1, -0.05) is 30.3 Å². The minimum absolute atomic E-state index is 0.0101. The monoisotopic (exact) mass is 302 g/mol. The molecule has 118 valence electrons. The van der Waals surface area contributed by atoms with Crippen molar-refractivity contribution in [3.63, 3.8) is 0 Å². The first-order chi connectivity index (χ1) is 10.6. The van der Waals surface area contributed by atoms with Crippen LogP contribution in [0.15, 0.2) is 30.3 Å². The summed E-state index contributed by atoms with van der Waals surface area (Å²) in [7, 11) is 0. The van der Waals surface area contributed by atoms with Crippen LogP contribution in [-0.2, 0) is 9.59 Å². The zero-order valence-corrected chi connectivity index (χ0v) is 12.6. The second-order valence-electron chi connectivity index (χ2n) is 5.97. The summed E-state index contributed by atoms with van der Waals surface area (Å²) in [5.41, 5.74) is 7.39. The van der Waals surface area contributed by atoms with Crippen LogP contribution in [0.25, 0.3) is 0 Å². The Morgan fingerprint density at radius 3 is 2.77 bits per heavy atom. The van der Waals surface area contributed by atoms with Gasteiger partial charge in [0, 0.05) is 38.1 Å². The highest BCUT2D eigenvalue weighted by atomic mass is 16.2. The van der Waals surface area contributed by atoms with Crippen molar-refractivity contribution in [1.29, 1.82) is 0 Å². The molecule has 2 amide bonds. The summed E-state index contributed by atoms with van der Waals surface area (Å²) in [6.45, 7) is 2.99. The van der Waals surface area contributed by atoms with Gasteiger partial charge in [-0.3, -0.25) is 9.59 Å². The Labute approximate surface area is 130 Å². The topological polar surface area (TPSA) is 78.7 Å². The van der Waals surface area contributed by atoms with Gasteiger partial charge in [0.1, 0.15) is 0 Å². The average molecular weight is 302 g/mol. The fourth-order valence-corrected chi connectivity index (χ4v) is 3.16. The molecule has 0 aromatic heterocycles. The largest absolute Gasteiger partial charge is 0.339 e. The van der Waals surface area contributed by atoms with Gasteiger partial charge < -0.3 is 20.9 Å². The van der Waals surface area contributed by atoms with Crippen molar-refractivity contribution in [3.05, 3.63) is 35.9 Å². The average Bonchev–Trinajstić information content (AvgIpc) is 2.92. The summed E-state index contributed by atoms with van der Waals surface area (Å²) in [4.78, 5) is 27.6. The Morgan fingerprint density at radius 1 is 1.27 bits per heavy atom. The molecule has 0 radical (unpaired) electrons. The zero-order valence-electron chi connectivity index (χ0n) is 12.6. The molecule has 3 rings (SSSR count). The highest BCUT2D eigenvalue weighted by Crippen LogP contribution is 2.26. The first-order valence-electron chi connectivity index (χ1n) is 7.72. The van der Waals surface area contributed by atoms with E-state index in [1.54, 1.807) is 9.80 Å². The van der Waals surface area contributed by atoms with Crippen LogP contribution in [0.4, 0.5) is 0 Å². The predicted octanol–water partition coefficient (Wildman–Crippen LogP) is -0.628. The maximum Gasteiger partial charge on any atom is 0.242 e. The first-order valence-corrected chi connectivity index (χ1v) is 7.72. The van der Waals surface area contributed by atoms with Gasteiger partial charge in [0.2, 0.25) is 11.8 Å². The normalized spacial score (nSPS) is 25.6. The summed E-state index contributed by atoms with van der Waals surface area (Å²) < 4.78 is 0. The molecule has 0 saturated carbocycles. The van der Waals surface area contributed by atoms with Gasteiger partial charge >= 0.3 is 0 Å². The Morgan fingerprint density at radius 2 is 2.05 bits per heavy atom. The first kappa shape index (κ1) is 15.0. The van der Waals surface area contributed by atoms with E-state index in [-0.39, 0.29) is 30.3 Å². The molecular formula is C16H22N4O2. The number of nitrogens with zero attached hydrogens (tertiary/aromatic N) is 2. The van der Waals surface area contributed by atoms with E-state index in [0.29, 0.717) is 26.2 Å². The van der Waals surface area contributed by atoms with Gasteiger partial charge in [0.05, 0.1) is 13.1 Å². The van der Waals surface area contributed by atoms with Crippen LogP contribution in [0.2, 0.25) is 0 Å². The minimum atomic E-state index is -0.0509. The van der Waals surface area contributed by atoms with Crippen molar-refractivity contribution in [2.24, 2.45) is 5.73 Å². The fourth-order valence-electron chi connectivity index (χ4n) is 3.16. The second-order valence-corrected chi connectivity index (χ2v) is 5.97. The Kier molecular flexibility index (Phi) is 4.40. The van der Waals surface area contributed by atoms with Crippen LogP contribution in [0, 0.1) is 0 Å². The number of carbonyl (C=O) groups is 2. The molecule has 2 aliphatic heterocycles. The summed E-state index contributed by atoms with van der Waals surface area (Å²) >= 11 is 0. The molecule has 0 spiro atoms. The van der Waals surface area contributed by atoms with E-state index in [9.17, 15) is 9.59 Å². The Balaban J connectivity index is 1.61. The molecule has 6 nitrogen and oxygen atoms in total. The van der Waals surface area contributed by atoms with Crippen molar-refractivity contribution in [2.45, 2.75) is 12.0 Å². The molecule has 2 saturated heterocycles. The van der Waals surface area contributed by atoms with Crippen LogP contribution in [0.3, 0.4) is 0 Å². The standard InChI is InChI=1S/C16H22N4O2/c17-14-10-20(9-13(14)12-4-2-1-3-5-12)16(22)11-19-7-6-18-8-15(19)21/h1-5,13-14,18H,6-11,17H2/t13-,14+/m0/s1. The molecule has 2 fully saturated rings. The molecular weight excluding hydrogens is 280 g/mol. The number of likely N-dealkylation sites (tertiary alicyclic amines) is 1. The quantitative estimate of drug-likeness (QED) is 0.779. The fraction of sp³-hybridized carbons (Fsp3) is 0.500. The lowest BCUT2D eigenvalue weighted by atomic mass is 9.95. The van der Waals surface area contributed by atoms with Crippen LogP contribution >= 0.6 is 0 Å². The van der Waals surface area contributed by atoms with Crippen molar-refractivity contribution in [1.82, 2.24) is 15.1 Å². The van der Waals surface area contributed by atoms with Gasteiger partial charge in [-0.25, -0.2) is 0 Å². The Bertz CT molecular complexity index is 548. The number of hydrogen-bond donors (Lipinski definition) is 2. The van der Waals surface area contributed by atoms with E-state index in [0.717, 1.165) is 6.54 Å². The van der Waals surface area contributed by atoms with Gasteiger partial charge in [-0.05, 0) is 5.56 Å². The smallest absolute Gasteiger partial charge is 0.242 e. The van der Waals surface area contributed by atoms with E-state index < -0.39 is 0 Å². The zero-order chi connectivity index (χ0) is 15.5. The lowest BCUT2D eigenvalue weighted by Gasteiger charge is -2.28. The highest BCUT2D eigenvalue weighted by molar-refractivity contribution is 5.86. The molecule has 2 aliphatic rings. The lowest BCUT2D eigenvalue weighted by Crippen LogP contribution is -2.51. The molecule has 22 heavy (non-hydrogen) atoms. The maximum atomic E-state index is 12.4. The van der Waals surface area contributed by atoms with Crippen molar-refractivity contribution in [3.8, 4) is 0 Å². The molecule has 0 bridgehead atoms. The van der Waals surface area contributed by atoms with E-state index in [1.807, 2.05) is 18.2 Å². The molecule has 1 aromatic carbocycles. The highest BCUT2D eigenvalue weighted by Gasteiger charge is 2.34. The molecule has 6 heteroatoms. The number of rotatable bonds is 3. The second kappa shape index (κ2) is 6.46. The van der Waals surface area contributed by atoms with Crippen molar-refractivity contribution in [2.75, 3.05) is 39.3 Å². The minimum Gasteiger partial charge on any atom is -0.339 e. The Hall–Kier alpha value is -1.92. The van der Waals surface area contributed by atoms with Crippen LogP contribution in [-0.4, -0.2) is 66.9 Å². The van der Waals surface area contributed by atoms with Gasteiger partial charge in [-0.2, -0.15) is 0 Å². The van der Waals surface area contributed by atoms with Gasteiger partial charge in [0.15, 0.2) is 0 Å². The van der Waals surface area contributed by atoms with Crippen LogP contribution < -0.4 is 11.1 Å². The predicted molar refractivity (Wildman–Crippen MR) is 83.2 cm³/mol. The SMILES string of the molecule is N[C@@H]1CN(C(=O)CN2CCNCC2=O)C[C@H]1c1ccccc1. The molecule has 2 atom stereocenters. The molecule has 0 unspecified atom stereocenters. The van der Waals surface area contributed by atoms with E-state index in [2.05, 4.69) is 17.4 Å². The molecule has 0 aliphatic carbocycles. The van der Waals surface area contributed by atoms with Gasteiger partial charge in [0.25, 0.3) is 0 Å². The van der Waals surface area contributed by atoms with Crippen molar-refractivity contribution < 1.29 is 9.59 Å². The van der Waals surface area contributed by atoms with Crippen LogP contribution in [0.1, 0.15) is 11.5 Å². The molecule has 3 N–H and O–H groups in total. The number of hydrogen-bond acceptors (Lipinski definition) is 4. The number of carbonyl (C=O) groups excluding carboxylic acids is 2. The number of benzene rings is 1. The number of amides is 2. The van der Waals surface area contributed by atoms with E-state index >= 15 is 0 Å². The maximum absolute atomic E-state index is 12.4. The molecule has 2 heterocycles. The van der Waals surface area contributed by atoms with Crippen LogP contribution in [0.5, 0.6) is 0 Å². The van der Waals surface area contributed by atoms with Crippen molar-refractivity contribution >= 4 is 11.8 Å². The third-order valence-corrected chi connectivity index (χ3v) is 4.46. The van der Waals surface area contributed by atoms with Gasteiger partial charge in [-0.15, -0.1) is 0 Å². The molecule has 1 aromatic rings. The summed E-state index contributed by atoms with van der Waals surface area (Å²) in [5.74, 6) is 0.149. The van der Waals surface area contributed by atoms with E-state index in [4.69, 9.17) is 5.73 Å². The summed E-state index contributed by atoms with van der Waals surface area (Å²) in [6, 6.07) is 10.0. The summed E-state index contributed by atoms with van der Waals surface area (Å²) in [5, 5.41) is 3.01. The summed E-state index contributed by atoms with van der Waals surface area (Å²) in [6.07, 6.45) is 0. The third kappa shape index (κ3) is 3.13. The number of piperazine rings is 1. The number of nitrogens with one attached hydrogen (secondary N) is 1. The third-order valence-electron chi connectivity index (χ3n) is 4.46.